The summed E-state index contributed by atoms with van der Waals surface area (Å²) >= 11 is 11.5. The number of nitrogens with one attached hydrogen (secondary N) is 3. The number of aliphatic hydroxyl groups excluding tert-OH is 1. The van der Waals surface area contributed by atoms with Crippen molar-refractivity contribution in [3.8, 4) is 0 Å². The number of aliphatic hydroxyl groups is 1. The number of methoxy groups -OCH3 is 3. The third-order valence-corrected chi connectivity index (χ3v) is 27.0. The number of aryl methyl sites for hydroxylation is 1. The van der Waals surface area contributed by atoms with Crippen molar-refractivity contribution in [1.29, 1.82) is 0 Å². The first-order valence-electron chi connectivity index (χ1n) is 38.0. The number of aromatic amines is 3. The summed E-state index contributed by atoms with van der Waals surface area (Å²) in [6.45, 7) is -7.90. The fourth-order valence-electron chi connectivity index (χ4n) is 16.1. The molecule has 676 valence electrons. The van der Waals surface area contributed by atoms with Gasteiger partial charge in [-0.3, -0.25) is 79.3 Å². The fraction of sp³-hybridized carbons (Fsp3) is 0.625. The topological polar surface area (TPSA) is 702 Å². The molecule has 26 atom stereocenters. The van der Waals surface area contributed by atoms with Crippen LogP contribution in [0.3, 0.4) is 0 Å². The highest BCUT2D eigenvalue weighted by molar-refractivity contribution is 8.07. The van der Waals surface area contributed by atoms with Crippen molar-refractivity contribution in [2.75, 3.05) is 110 Å². The molecule has 4 bridgehead atoms. The lowest BCUT2D eigenvalue weighted by Gasteiger charge is -2.37. The number of rotatable bonds is 38. The summed E-state index contributed by atoms with van der Waals surface area (Å²) in [5.41, 5.74) is 17.6. The van der Waals surface area contributed by atoms with E-state index in [2.05, 4.69) is 64.8 Å². The van der Waals surface area contributed by atoms with E-state index in [-0.39, 0.29) is 120 Å². The number of H-pyrrole nitrogens is 3. The van der Waals surface area contributed by atoms with Crippen molar-refractivity contribution in [2.45, 2.75) is 168 Å². The van der Waals surface area contributed by atoms with E-state index in [1.807, 2.05) is 0 Å². The predicted octanol–water partition coefficient (Wildman–Crippen LogP) is -1.97. The molecule has 0 aliphatic carbocycles. The Hall–Kier alpha value is -7.60. The molecule has 7 saturated heterocycles. The maximum absolute atomic E-state index is 15.3. The summed E-state index contributed by atoms with van der Waals surface area (Å²) < 4.78 is 166. The van der Waals surface area contributed by atoms with Crippen LogP contribution < -0.4 is 45.3 Å². The summed E-state index contributed by atoms with van der Waals surface area (Å²) in [6, 6.07) is 0. The number of fused-ring (bicyclic) bond motifs is 8. The van der Waals surface area contributed by atoms with Crippen LogP contribution in [0.25, 0.3) is 44.7 Å². The number of phosphoric acid groups is 2. The molecule has 60 heteroatoms. The maximum Gasteiger partial charge on any atom is 0.472 e. The molecule has 16 N–H and O–H groups in total. The number of hydrogen-bond acceptors (Lipinski definition) is 44. The van der Waals surface area contributed by atoms with Gasteiger partial charge in [0.2, 0.25) is 11.9 Å². The number of nitrogens with two attached hydrogens (primary N) is 4. The van der Waals surface area contributed by atoms with E-state index in [0.29, 0.717) is 0 Å². The molecule has 0 saturated carbocycles. The molecular weight excluding hydrogens is 1780 g/mol. The van der Waals surface area contributed by atoms with Crippen molar-refractivity contribution in [2.24, 2.45) is 0 Å². The lowest BCUT2D eigenvalue weighted by atomic mass is 9.91. The molecule has 0 amide bonds. The van der Waals surface area contributed by atoms with E-state index >= 15 is 4.57 Å². The molecule has 9 aromatic heterocycles. The van der Waals surface area contributed by atoms with Gasteiger partial charge in [-0.15, -0.1) is 0 Å². The zero-order valence-corrected chi connectivity index (χ0v) is 71.5. The largest absolute Gasteiger partial charge is 0.472 e. The van der Waals surface area contributed by atoms with Crippen LogP contribution in [0.4, 0.5) is 23.5 Å². The van der Waals surface area contributed by atoms with E-state index in [4.69, 9.17) is 144 Å². The second-order valence-corrected chi connectivity index (χ2v) is 37.8. The fourth-order valence-corrected chi connectivity index (χ4v) is 21.0. The lowest BCUT2D eigenvalue weighted by molar-refractivity contribution is -0.215. The monoisotopic (exact) mass is 1860 g/mol. The summed E-state index contributed by atoms with van der Waals surface area (Å²) in [5.74, 6) is -0.707. The molecule has 7 aliphatic heterocycles. The van der Waals surface area contributed by atoms with E-state index < -0.39 is 212 Å². The Balaban J connectivity index is 0.691. The van der Waals surface area contributed by atoms with Crippen molar-refractivity contribution in [1.82, 2.24) is 87.6 Å². The van der Waals surface area contributed by atoms with Gasteiger partial charge in [-0.2, -0.15) is 9.97 Å². The average molecular weight is 1860 g/mol. The first-order valence-corrected chi connectivity index (χ1v) is 46.2. The Morgan fingerprint density at radius 3 is 1.40 bits per heavy atom. The van der Waals surface area contributed by atoms with Gasteiger partial charge >= 0.3 is 34.8 Å². The zero-order chi connectivity index (χ0) is 88.0. The van der Waals surface area contributed by atoms with E-state index in [0.717, 1.165) is 23.5 Å². The van der Waals surface area contributed by atoms with Crippen LogP contribution in [-0.4, -0.2) is 302 Å². The van der Waals surface area contributed by atoms with Crippen LogP contribution in [0.5, 0.6) is 0 Å². The molecule has 9 aromatic rings. The molecular formula is C64H86N22O32P4S2. The highest BCUT2D eigenvalue weighted by atomic mass is 32.5. The zero-order valence-electron chi connectivity index (χ0n) is 66.2. The number of phosphoric ester groups is 2. The third kappa shape index (κ3) is 17.1. The smallest absolute Gasteiger partial charge is 0.387 e. The number of imidazole rings is 4. The Bertz CT molecular complexity index is 5910. The highest BCUT2D eigenvalue weighted by Gasteiger charge is 2.71. The number of nitrogens with zero attached hydrogens (tertiary/aromatic N) is 15. The molecule has 16 heterocycles. The molecule has 9 unspecified atom stereocenters. The Labute approximate surface area is 706 Å². The first kappa shape index (κ1) is 89.8. The quantitative estimate of drug-likeness (QED) is 0.0147. The van der Waals surface area contributed by atoms with E-state index in [9.17, 15) is 48.4 Å². The van der Waals surface area contributed by atoms with Crippen molar-refractivity contribution in [3.05, 3.63) is 91.3 Å². The van der Waals surface area contributed by atoms with Crippen LogP contribution in [0.1, 0.15) is 63.9 Å². The summed E-state index contributed by atoms with van der Waals surface area (Å²) in [4.78, 5) is 151. The first-order chi connectivity index (χ1) is 59.1. The van der Waals surface area contributed by atoms with Gasteiger partial charge in [-0.25, -0.2) is 53.8 Å². The molecule has 7 fully saturated rings. The van der Waals surface area contributed by atoms with Crippen molar-refractivity contribution in [3.63, 3.8) is 0 Å². The van der Waals surface area contributed by atoms with Crippen LogP contribution in [0.15, 0.2) is 63.3 Å². The molecule has 7 aliphatic rings. The number of hydrogen-bond donors (Lipinski definition) is 12. The number of aromatic nitrogens is 18. The van der Waals surface area contributed by atoms with Gasteiger partial charge < -0.3 is 118 Å². The summed E-state index contributed by atoms with van der Waals surface area (Å²) in [7, 11) is -7.02. The Morgan fingerprint density at radius 2 is 0.895 bits per heavy atom. The van der Waals surface area contributed by atoms with Crippen LogP contribution in [0, 0.1) is 6.92 Å². The molecule has 124 heavy (non-hydrogen) atoms. The minimum Gasteiger partial charge on any atom is -0.387 e. The third-order valence-electron chi connectivity index (χ3n) is 22.0. The molecule has 0 spiro atoms. The van der Waals surface area contributed by atoms with Gasteiger partial charge in [0.15, 0.2) is 76.4 Å². The highest BCUT2D eigenvalue weighted by Crippen LogP contribution is 2.63. The Morgan fingerprint density at radius 1 is 0.484 bits per heavy atom. The normalized spacial score (nSPS) is 32.4. The summed E-state index contributed by atoms with van der Waals surface area (Å²) in [5, 5.41) is 11.8. The van der Waals surface area contributed by atoms with Crippen LogP contribution in [-0.2, 0) is 131 Å². The minimum absolute atomic E-state index is 0.0412. The molecule has 0 aromatic carbocycles. The standard InChI is InChI=1S/C64H86N22O32P4S2/c1-8-63-27(3)108-42(58(113-63)84-23-74-33-47(66)70-21-72-49(33)84)44(63)117-120(94,95)107-19-64-28(4)109-43(59(114-64)86-25-76-35-51(86)78-61(68)80-54(35)90)45(64)118-119(92,93)104-17-30-37(41(103-14-11-100-7)57(111-30)85-24-75-34-50(85)77-60(67)79-53(34)89)115-122(97,124)106-18-31-38(40(102-13-10-99-6)56(112-31)83-22-73-32-46(65)69-20-71-48(32)83)116-121(96,123)105-16-29-36(87)39(101-12-9-98-5)55(110-29)82-15-26(2)52(88)81-62(82)91/h15,20-25,27-31,36-45,55-59,87H,8-14,16-19H2,1-7H3,(H,92,93)(H,94,95)(H,96,123)(H,97,124)(H2,65,69,71)(H2,66,70,72)(H,81,88,91)(H3,67,77,79,89)(H3,68,78,80,90)/t27-,28-,29+,30+,31+,36-,37-,38-,39?,40?,41?,42?,43?,44+,45+,55+,56+,57+,58+,59+,63-,64-,121?,122?/m0/s1. The second-order valence-electron chi connectivity index (χ2n) is 29.4. The van der Waals surface area contributed by atoms with Gasteiger partial charge in [0.05, 0.1) is 104 Å². The van der Waals surface area contributed by atoms with Gasteiger partial charge in [-0.1, -0.05) is 6.92 Å². The summed E-state index contributed by atoms with van der Waals surface area (Å²) in [6.07, 6.45) is -20.5. The number of ether oxygens (including phenoxy) is 13. The van der Waals surface area contributed by atoms with Gasteiger partial charge in [0, 0.05) is 33.1 Å². The Kier molecular flexibility index (Phi) is 25.7. The van der Waals surface area contributed by atoms with Gasteiger partial charge in [0.1, 0.15) is 114 Å². The molecule has 54 nitrogen and oxygen atoms in total. The van der Waals surface area contributed by atoms with Crippen molar-refractivity contribution >= 4 is 121 Å². The molecule has 16 rings (SSSR count). The van der Waals surface area contributed by atoms with Gasteiger partial charge in [-0.05, 0) is 50.8 Å². The van der Waals surface area contributed by atoms with Crippen LogP contribution >= 0.6 is 29.1 Å². The molecule has 0 radical (unpaired) electrons. The second kappa shape index (κ2) is 35.5. The van der Waals surface area contributed by atoms with E-state index in [1.54, 1.807) is 13.8 Å². The van der Waals surface area contributed by atoms with Crippen molar-refractivity contribution < 1.29 is 132 Å². The van der Waals surface area contributed by atoms with E-state index in [1.165, 1.54) is 78.6 Å². The van der Waals surface area contributed by atoms with Crippen LogP contribution in [0.2, 0.25) is 0 Å². The number of anilines is 4. The minimum atomic E-state index is -5.76. The lowest BCUT2D eigenvalue weighted by Crippen LogP contribution is -2.50. The van der Waals surface area contributed by atoms with Gasteiger partial charge in [0.25, 0.3) is 16.7 Å². The SMILES string of the molecule is CC[C@]12O[C@@H](n3cnc4c(N)ncnc43)C(O[C@H]1C)[C@H]2OP(=O)(O)OC[C@]12O[C@@H](n3cnc4c(=O)[nH]c(N)nc43)C(O[C@H]1C)[C@H]2OP(=O)(O)OC[C@H]1O[C@@H](n2cnc3c(=O)[nH]c(N)nc32)C(OCCOC)[C@H]1OP(O)(=S)OC[C@H]1O[C@@H](n2cnc3c(N)ncnc32)C(OCCOC)[C@H]1OP(O)(=S)OC[C@H]1O[C@@H](n2cc(C)c(=O)[nH]c2=O)C(OCCOC)[C@H]1O. The number of nitrogen functional groups attached to an aromatic ring is 4. The average Bonchev–Trinajstić information content (AvgIpc) is 1.55. The predicted molar refractivity (Wildman–Crippen MR) is 424 cm³/mol. The maximum atomic E-state index is 15.3.